The molecule has 126 valence electrons. The zero-order valence-corrected chi connectivity index (χ0v) is 14.2. The van der Waals surface area contributed by atoms with Crippen molar-refractivity contribution in [1.82, 2.24) is 0 Å². The minimum atomic E-state index is -0.0711. The highest BCUT2D eigenvalue weighted by atomic mass is 16.1. The van der Waals surface area contributed by atoms with Gasteiger partial charge in [-0.25, -0.2) is 0 Å². The third-order valence-corrected chi connectivity index (χ3v) is 3.59. The number of guanidine groups is 1. The van der Waals surface area contributed by atoms with E-state index in [-0.39, 0.29) is 5.91 Å². The molecule has 0 bridgehead atoms. The second-order valence-corrected chi connectivity index (χ2v) is 5.57. The van der Waals surface area contributed by atoms with E-state index < -0.39 is 0 Å². The van der Waals surface area contributed by atoms with Crippen molar-refractivity contribution in [1.29, 1.82) is 0 Å². The Kier molecular flexibility index (Phi) is 6.37. The number of carbonyl (C=O) groups excluding carboxylic acids is 1. The van der Waals surface area contributed by atoms with Gasteiger partial charge in [0.15, 0.2) is 5.96 Å². The molecule has 0 saturated heterocycles. The van der Waals surface area contributed by atoms with Gasteiger partial charge in [0.25, 0.3) is 0 Å². The second-order valence-electron chi connectivity index (χ2n) is 5.57. The molecule has 0 saturated carbocycles. The van der Waals surface area contributed by atoms with E-state index in [0.717, 1.165) is 29.8 Å². The number of amides is 1. The van der Waals surface area contributed by atoms with E-state index in [1.165, 1.54) is 12.5 Å². The smallest absolute Gasteiger partial charge is 0.221 e. The Morgan fingerprint density at radius 3 is 2.04 bits per heavy atom. The fourth-order valence-corrected chi connectivity index (χ4v) is 2.27. The maximum atomic E-state index is 11.0. The SMILES string of the molecule is CCc1ccc(NC(N)=NCCc2ccc(NC(C)=O)cc2)cc1. The molecule has 2 aromatic carbocycles. The molecule has 0 fully saturated rings. The zero-order chi connectivity index (χ0) is 17.4. The van der Waals surface area contributed by atoms with Crippen molar-refractivity contribution in [2.45, 2.75) is 26.7 Å². The van der Waals surface area contributed by atoms with Crippen LogP contribution in [0.1, 0.15) is 25.0 Å². The number of rotatable bonds is 6. The summed E-state index contributed by atoms with van der Waals surface area (Å²) in [6.07, 6.45) is 1.81. The van der Waals surface area contributed by atoms with Gasteiger partial charge < -0.3 is 16.4 Å². The summed E-state index contributed by atoms with van der Waals surface area (Å²) in [5.74, 6) is 0.340. The van der Waals surface area contributed by atoms with Gasteiger partial charge in [-0.3, -0.25) is 9.79 Å². The summed E-state index contributed by atoms with van der Waals surface area (Å²) in [5, 5.41) is 5.84. The lowest BCUT2D eigenvalue weighted by molar-refractivity contribution is -0.114. The molecule has 5 nitrogen and oxygen atoms in total. The number of nitrogens with zero attached hydrogens (tertiary/aromatic N) is 1. The number of nitrogens with one attached hydrogen (secondary N) is 2. The summed E-state index contributed by atoms with van der Waals surface area (Å²) < 4.78 is 0. The van der Waals surface area contributed by atoms with Crippen molar-refractivity contribution in [2.24, 2.45) is 10.7 Å². The highest BCUT2D eigenvalue weighted by molar-refractivity contribution is 5.92. The van der Waals surface area contributed by atoms with Crippen LogP contribution in [0.25, 0.3) is 0 Å². The van der Waals surface area contributed by atoms with Gasteiger partial charge in [-0.2, -0.15) is 0 Å². The molecule has 0 aliphatic carbocycles. The predicted octanol–water partition coefficient (Wildman–Crippen LogP) is 3.18. The van der Waals surface area contributed by atoms with Crippen LogP contribution in [0.2, 0.25) is 0 Å². The third kappa shape index (κ3) is 5.76. The predicted molar refractivity (Wildman–Crippen MR) is 100 cm³/mol. The molecule has 0 heterocycles. The summed E-state index contributed by atoms with van der Waals surface area (Å²) in [7, 11) is 0. The number of carbonyl (C=O) groups is 1. The Bertz CT molecular complexity index is 690. The number of aliphatic imine (C=N–C) groups is 1. The van der Waals surface area contributed by atoms with Gasteiger partial charge in [0, 0.05) is 24.8 Å². The van der Waals surface area contributed by atoms with Crippen LogP contribution in [0, 0.1) is 0 Å². The summed E-state index contributed by atoms with van der Waals surface area (Å²) in [5.41, 5.74) is 10.1. The minimum absolute atomic E-state index is 0.0711. The van der Waals surface area contributed by atoms with E-state index in [4.69, 9.17) is 5.73 Å². The Morgan fingerprint density at radius 2 is 1.50 bits per heavy atom. The van der Waals surface area contributed by atoms with Gasteiger partial charge >= 0.3 is 0 Å². The van der Waals surface area contributed by atoms with E-state index in [1.54, 1.807) is 0 Å². The van der Waals surface area contributed by atoms with Gasteiger partial charge in [-0.05, 0) is 48.2 Å². The number of hydrogen-bond donors (Lipinski definition) is 3. The number of hydrogen-bond acceptors (Lipinski definition) is 2. The monoisotopic (exact) mass is 324 g/mol. The average Bonchev–Trinajstić information content (AvgIpc) is 2.57. The van der Waals surface area contributed by atoms with Crippen LogP contribution >= 0.6 is 0 Å². The molecule has 5 heteroatoms. The number of benzene rings is 2. The van der Waals surface area contributed by atoms with Gasteiger partial charge in [-0.15, -0.1) is 0 Å². The molecule has 2 rings (SSSR count). The fourth-order valence-electron chi connectivity index (χ4n) is 2.27. The van der Waals surface area contributed by atoms with Gasteiger partial charge in [0.2, 0.25) is 5.91 Å². The van der Waals surface area contributed by atoms with Crippen LogP contribution in [0.15, 0.2) is 53.5 Å². The Hall–Kier alpha value is -2.82. The Balaban J connectivity index is 1.82. The van der Waals surface area contributed by atoms with E-state index >= 15 is 0 Å². The van der Waals surface area contributed by atoms with Gasteiger partial charge in [0.05, 0.1) is 0 Å². The fraction of sp³-hybridized carbons (Fsp3) is 0.263. The summed E-state index contributed by atoms with van der Waals surface area (Å²) in [4.78, 5) is 15.3. The van der Waals surface area contributed by atoms with Gasteiger partial charge in [-0.1, -0.05) is 31.2 Å². The molecule has 0 radical (unpaired) electrons. The lowest BCUT2D eigenvalue weighted by Crippen LogP contribution is -2.23. The minimum Gasteiger partial charge on any atom is -0.370 e. The van der Waals surface area contributed by atoms with Crippen molar-refractivity contribution in [3.63, 3.8) is 0 Å². The second kappa shape index (κ2) is 8.72. The molecule has 4 N–H and O–H groups in total. The highest BCUT2D eigenvalue weighted by Gasteiger charge is 1.98. The molecule has 2 aromatic rings. The van der Waals surface area contributed by atoms with Crippen molar-refractivity contribution in [3.8, 4) is 0 Å². The molecule has 0 spiro atoms. The van der Waals surface area contributed by atoms with Crippen molar-refractivity contribution in [3.05, 3.63) is 59.7 Å². The van der Waals surface area contributed by atoms with Crippen LogP contribution in [-0.2, 0) is 17.6 Å². The molecule has 0 aliphatic rings. The normalized spacial score (nSPS) is 11.2. The summed E-state index contributed by atoms with van der Waals surface area (Å²) >= 11 is 0. The first-order valence-electron chi connectivity index (χ1n) is 8.09. The maximum absolute atomic E-state index is 11.0. The van der Waals surface area contributed by atoms with E-state index in [9.17, 15) is 4.79 Å². The molecule has 0 unspecified atom stereocenters. The molecule has 0 aliphatic heterocycles. The van der Waals surface area contributed by atoms with Crippen molar-refractivity contribution in [2.75, 3.05) is 17.2 Å². The quantitative estimate of drug-likeness (QED) is 0.564. The topological polar surface area (TPSA) is 79.5 Å². The van der Waals surface area contributed by atoms with Crippen molar-refractivity contribution < 1.29 is 4.79 Å². The summed E-state index contributed by atoms with van der Waals surface area (Å²) in [6.45, 7) is 4.22. The molecule has 1 amide bonds. The molecular formula is C19H24N4O. The number of anilines is 2. The molecule has 0 atom stereocenters. The summed E-state index contributed by atoms with van der Waals surface area (Å²) in [6, 6.07) is 15.9. The highest BCUT2D eigenvalue weighted by Crippen LogP contribution is 2.11. The number of nitrogens with two attached hydrogens (primary N) is 1. The van der Waals surface area contributed by atoms with Crippen LogP contribution in [-0.4, -0.2) is 18.4 Å². The standard InChI is InChI=1S/C19H24N4O/c1-3-15-4-8-18(9-5-15)23-19(20)21-13-12-16-6-10-17(11-7-16)22-14(2)24/h4-11H,3,12-13H2,1-2H3,(H,22,24)(H3,20,21,23). The number of aryl methyl sites for hydroxylation is 1. The average molecular weight is 324 g/mol. The molecule has 24 heavy (non-hydrogen) atoms. The van der Waals surface area contributed by atoms with Crippen molar-refractivity contribution >= 4 is 23.2 Å². The van der Waals surface area contributed by atoms with Crippen LogP contribution in [0.5, 0.6) is 0 Å². The van der Waals surface area contributed by atoms with Crippen LogP contribution < -0.4 is 16.4 Å². The van der Waals surface area contributed by atoms with Crippen LogP contribution in [0.4, 0.5) is 11.4 Å². The van der Waals surface area contributed by atoms with E-state index in [0.29, 0.717) is 12.5 Å². The van der Waals surface area contributed by atoms with E-state index in [2.05, 4.69) is 34.7 Å². The van der Waals surface area contributed by atoms with Crippen LogP contribution in [0.3, 0.4) is 0 Å². The molecular weight excluding hydrogens is 300 g/mol. The first-order valence-corrected chi connectivity index (χ1v) is 8.09. The van der Waals surface area contributed by atoms with Gasteiger partial charge in [0.1, 0.15) is 0 Å². The largest absolute Gasteiger partial charge is 0.370 e. The van der Waals surface area contributed by atoms with E-state index in [1.807, 2.05) is 36.4 Å². The lowest BCUT2D eigenvalue weighted by atomic mass is 10.1. The zero-order valence-electron chi connectivity index (χ0n) is 14.2. The first kappa shape index (κ1) is 17.5. The lowest BCUT2D eigenvalue weighted by Gasteiger charge is -2.07. The maximum Gasteiger partial charge on any atom is 0.221 e. The first-order chi connectivity index (χ1) is 11.6. The third-order valence-electron chi connectivity index (χ3n) is 3.59. The Morgan fingerprint density at radius 1 is 0.958 bits per heavy atom. The Labute approximate surface area is 143 Å². The molecule has 0 aromatic heterocycles.